The van der Waals surface area contributed by atoms with Gasteiger partial charge in [0.25, 0.3) is 0 Å². The summed E-state index contributed by atoms with van der Waals surface area (Å²) in [5.41, 5.74) is -0.255. The van der Waals surface area contributed by atoms with Gasteiger partial charge in [-0.05, 0) is 46.2 Å². The Kier molecular flexibility index (Phi) is 5.34. The Labute approximate surface area is 148 Å². The number of thioether (sulfide) groups is 1. The molecule has 0 aromatic heterocycles. The average molecular weight is 372 g/mol. The van der Waals surface area contributed by atoms with Crippen molar-refractivity contribution in [1.29, 1.82) is 0 Å². The largest absolute Gasteiger partial charge is 0.366 e. The van der Waals surface area contributed by atoms with E-state index in [0.29, 0.717) is 16.9 Å². The van der Waals surface area contributed by atoms with Crippen LogP contribution in [0.15, 0.2) is 28.1 Å². The molecule has 1 atom stereocenters. The highest BCUT2D eigenvalue weighted by molar-refractivity contribution is 8.14. The van der Waals surface area contributed by atoms with Gasteiger partial charge < -0.3 is 10.0 Å². The SMILES string of the molecule is Cc1ccc(C2(O)CSC(=NC(C)C)N2C(C)C)cc1S(N)(=O)=O. The van der Waals surface area contributed by atoms with Crippen molar-refractivity contribution in [2.75, 3.05) is 5.75 Å². The van der Waals surface area contributed by atoms with E-state index in [-0.39, 0.29) is 17.0 Å². The van der Waals surface area contributed by atoms with Crippen molar-refractivity contribution in [3.05, 3.63) is 29.3 Å². The first-order chi connectivity index (χ1) is 11.0. The first-order valence-corrected chi connectivity index (χ1v) is 10.4. The number of nitrogens with zero attached hydrogens (tertiary/aromatic N) is 2. The maximum atomic E-state index is 11.8. The minimum atomic E-state index is -3.85. The fraction of sp³-hybridized carbons (Fsp3) is 0.562. The van der Waals surface area contributed by atoms with Crippen LogP contribution in [-0.2, 0) is 15.7 Å². The molecule has 1 saturated heterocycles. The van der Waals surface area contributed by atoms with Crippen molar-refractivity contribution in [3.8, 4) is 0 Å². The Morgan fingerprint density at radius 3 is 2.46 bits per heavy atom. The quantitative estimate of drug-likeness (QED) is 0.844. The van der Waals surface area contributed by atoms with Crippen LogP contribution in [0.1, 0.15) is 38.8 Å². The summed E-state index contributed by atoms with van der Waals surface area (Å²) in [4.78, 5) is 6.47. The van der Waals surface area contributed by atoms with Crippen molar-refractivity contribution in [2.24, 2.45) is 10.1 Å². The highest BCUT2D eigenvalue weighted by Gasteiger charge is 2.46. The minimum absolute atomic E-state index is 0.00161. The molecule has 8 heteroatoms. The second kappa shape index (κ2) is 6.67. The van der Waals surface area contributed by atoms with Crippen LogP contribution in [0.25, 0.3) is 0 Å². The highest BCUT2D eigenvalue weighted by atomic mass is 32.2. The first kappa shape index (κ1) is 19.2. The van der Waals surface area contributed by atoms with Gasteiger partial charge in [-0.2, -0.15) is 0 Å². The number of sulfonamides is 1. The van der Waals surface area contributed by atoms with Crippen LogP contribution < -0.4 is 5.14 Å². The van der Waals surface area contributed by atoms with E-state index in [2.05, 4.69) is 4.99 Å². The summed E-state index contributed by atoms with van der Waals surface area (Å²) in [5, 5.41) is 17.4. The number of aliphatic imine (C=N–C) groups is 1. The molecule has 1 aromatic rings. The van der Waals surface area contributed by atoms with Gasteiger partial charge in [0.05, 0.1) is 10.6 Å². The third-order valence-corrected chi connectivity index (χ3v) is 6.01. The Bertz CT molecular complexity index is 760. The third kappa shape index (κ3) is 3.61. The topological polar surface area (TPSA) is 96.0 Å². The zero-order chi connectivity index (χ0) is 18.3. The third-order valence-electron chi connectivity index (χ3n) is 3.85. The fourth-order valence-corrected chi connectivity index (χ4v) is 5.04. The molecule has 0 radical (unpaired) electrons. The average Bonchev–Trinajstić information content (AvgIpc) is 2.75. The second-order valence-corrected chi connectivity index (χ2v) is 9.07. The summed E-state index contributed by atoms with van der Waals surface area (Å²) in [6.45, 7) is 9.59. The lowest BCUT2D eigenvalue weighted by Crippen LogP contribution is -2.48. The van der Waals surface area contributed by atoms with Crippen molar-refractivity contribution >= 4 is 27.0 Å². The molecule has 2 rings (SSSR count). The maximum Gasteiger partial charge on any atom is 0.238 e. The van der Waals surface area contributed by atoms with E-state index in [4.69, 9.17) is 5.14 Å². The number of nitrogens with two attached hydrogens (primary N) is 1. The molecule has 134 valence electrons. The molecule has 0 aliphatic carbocycles. The molecule has 1 fully saturated rings. The molecular weight excluding hydrogens is 346 g/mol. The van der Waals surface area contributed by atoms with E-state index in [0.717, 1.165) is 5.17 Å². The lowest BCUT2D eigenvalue weighted by Gasteiger charge is -2.38. The summed E-state index contributed by atoms with van der Waals surface area (Å²) < 4.78 is 23.6. The summed E-state index contributed by atoms with van der Waals surface area (Å²) in [6.07, 6.45) is 0. The molecule has 0 bridgehead atoms. The van der Waals surface area contributed by atoms with Gasteiger partial charge in [0, 0.05) is 17.6 Å². The lowest BCUT2D eigenvalue weighted by atomic mass is 10.0. The first-order valence-electron chi connectivity index (χ1n) is 7.83. The molecule has 1 aliphatic heterocycles. The van der Waals surface area contributed by atoms with Crippen LogP contribution in [0.4, 0.5) is 0 Å². The lowest BCUT2D eigenvalue weighted by molar-refractivity contribution is -0.0618. The van der Waals surface area contributed by atoms with E-state index in [1.165, 1.54) is 17.8 Å². The molecule has 24 heavy (non-hydrogen) atoms. The Balaban J connectivity index is 2.58. The maximum absolute atomic E-state index is 11.8. The van der Waals surface area contributed by atoms with Crippen molar-refractivity contribution in [2.45, 2.75) is 57.3 Å². The molecule has 1 aromatic carbocycles. The summed E-state index contributed by atoms with van der Waals surface area (Å²) in [7, 11) is -3.85. The number of hydrogen-bond acceptors (Lipinski definition) is 5. The molecular formula is C16H25N3O3S2. The Hall–Kier alpha value is -1.09. The van der Waals surface area contributed by atoms with Gasteiger partial charge >= 0.3 is 0 Å². The van der Waals surface area contributed by atoms with Crippen molar-refractivity contribution in [1.82, 2.24) is 4.90 Å². The van der Waals surface area contributed by atoms with Crippen LogP contribution >= 0.6 is 11.8 Å². The number of primary sulfonamides is 1. The van der Waals surface area contributed by atoms with Crippen LogP contribution in [-0.4, -0.2) is 41.4 Å². The van der Waals surface area contributed by atoms with E-state index < -0.39 is 15.7 Å². The molecule has 1 unspecified atom stereocenters. The zero-order valence-electron chi connectivity index (χ0n) is 14.6. The summed E-state index contributed by atoms with van der Waals surface area (Å²) >= 11 is 1.47. The van der Waals surface area contributed by atoms with Gasteiger partial charge in [0.15, 0.2) is 10.9 Å². The molecule has 6 nitrogen and oxygen atoms in total. The normalized spacial score (nSPS) is 23.7. The van der Waals surface area contributed by atoms with Crippen molar-refractivity contribution < 1.29 is 13.5 Å². The standard InChI is InChI=1S/C16H25N3O3S2/c1-10(2)18-15-19(11(3)4)16(20,9-23-15)13-7-6-12(5)14(8-13)24(17,21)22/h6-8,10-11,20H,9H2,1-5H3,(H2,17,21,22). The summed E-state index contributed by atoms with van der Waals surface area (Å²) in [5.74, 6) is 0.379. The summed E-state index contributed by atoms with van der Waals surface area (Å²) in [6, 6.07) is 5.00. The predicted molar refractivity (Wildman–Crippen MR) is 98.5 cm³/mol. The van der Waals surface area contributed by atoms with Gasteiger partial charge in [0.2, 0.25) is 10.0 Å². The smallest absolute Gasteiger partial charge is 0.238 e. The molecule has 0 amide bonds. The zero-order valence-corrected chi connectivity index (χ0v) is 16.3. The number of aliphatic hydroxyl groups is 1. The molecule has 1 heterocycles. The number of hydrogen-bond donors (Lipinski definition) is 2. The number of amidine groups is 1. The minimum Gasteiger partial charge on any atom is -0.366 e. The van der Waals surface area contributed by atoms with Crippen LogP contribution in [0, 0.1) is 6.92 Å². The molecule has 0 spiro atoms. The van der Waals surface area contributed by atoms with E-state index >= 15 is 0 Å². The van der Waals surface area contributed by atoms with Crippen LogP contribution in [0.3, 0.4) is 0 Å². The van der Waals surface area contributed by atoms with E-state index in [1.54, 1.807) is 19.1 Å². The molecule has 3 N–H and O–H groups in total. The van der Waals surface area contributed by atoms with E-state index in [9.17, 15) is 13.5 Å². The second-order valence-electron chi connectivity index (χ2n) is 6.60. The van der Waals surface area contributed by atoms with Crippen molar-refractivity contribution in [3.63, 3.8) is 0 Å². The fourth-order valence-electron chi connectivity index (χ4n) is 2.81. The number of rotatable bonds is 4. The number of benzene rings is 1. The predicted octanol–water partition coefficient (Wildman–Crippen LogP) is 2.01. The van der Waals surface area contributed by atoms with Crippen LogP contribution in [0.2, 0.25) is 0 Å². The van der Waals surface area contributed by atoms with Gasteiger partial charge in [-0.25, -0.2) is 13.6 Å². The number of aryl methyl sites for hydroxylation is 1. The molecule has 0 saturated carbocycles. The van der Waals surface area contributed by atoms with Gasteiger partial charge in [-0.15, -0.1) is 0 Å². The monoisotopic (exact) mass is 371 g/mol. The highest BCUT2D eigenvalue weighted by Crippen LogP contribution is 2.41. The Morgan fingerprint density at radius 2 is 1.96 bits per heavy atom. The molecule has 1 aliphatic rings. The van der Waals surface area contributed by atoms with E-state index in [1.807, 2.05) is 32.6 Å². The van der Waals surface area contributed by atoms with Gasteiger partial charge in [-0.3, -0.25) is 4.99 Å². The van der Waals surface area contributed by atoms with Gasteiger partial charge in [0.1, 0.15) is 0 Å². The Morgan fingerprint density at radius 1 is 1.33 bits per heavy atom. The van der Waals surface area contributed by atoms with Crippen LogP contribution in [0.5, 0.6) is 0 Å². The van der Waals surface area contributed by atoms with Gasteiger partial charge in [-0.1, -0.05) is 23.9 Å².